The molecule has 3 heteroatoms. The van der Waals surface area contributed by atoms with Crippen molar-refractivity contribution in [2.75, 3.05) is 26.7 Å². The Kier molecular flexibility index (Phi) is 4.39. The number of nitrogens with zero attached hydrogens (tertiary/aromatic N) is 1. The van der Waals surface area contributed by atoms with Crippen molar-refractivity contribution in [2.45, 2.75) is 39.0 Å². The molecule has 2 unspecified atom stereocenters. The Morgan fingerprint density at radius 3 is 3.15 bits per heavy atom. The lowest BCUT2D eigenvalue weighted by Crippen LogP contribution is -2.43. The van der Waals surface area contributed by atoms with E-state index in [2.05, 4.69) is 35.3 Å². The van der Waals surface area contributed by atoms with Gasteiger partial charge in [-0.1, -0.05) is 25.1 Å². The van der Waals surface area contributed by atoms with Crippen LogP contribution in [0.4, 0.5) is 0 Å². The average Bonchev–Trinajstić information content (AvgIpc) is 2.49. The number of rotatable bonds is 3. The molecule has 2 atom stereocenters. The maximum Gasteiger partial charge on any atom is 0.0724 e. The Hall–Kier alpha value is -0.900. The molecular formula is C17H26N2O. The van der Waals surface area contributed by atoms with Gasteiger partial charge in [0.2, 0.25) is 0 Å². The van der Waals surface area contributed by atoms with Crippen molar-refractivity contribution in [3.05, 3.63) is 34.9 Å². The number of ether oxygens (including phenoxy) is 1. The maximum absolute atomic E-state index is 5.63. The molecule has 2 heterocycles. The lowest BCUT2D eigenvalue weighted by Gasteiger charge is -2.36. The quantitative estimate of drug-likeness (QED) is 0.914. The van der Waals surface area contributed by atoms with Crippen LogP contribution in [0, 0.1) is 5.92 Å². The number of piperidine rings is 1. The van der Waals surface area contributed by atoms with Crippen molar-refractivity contribution in [1.82, 2.24) is 10.2 Å². The van der Waals surface area contributed by atoms with E-state index in [1.165, 1.54) is 30.5 Å². The minimum absolute atomic E-state index is 0.393. The number of hydrogen-bond donors (Lipinski definition) is 1. The zero-order chi connectivity index (χ0) is 13.9. The van der Waals surface area contributed by atoms with Crippen molar-refractivity contribution < 1.29 is 4.74 Å². The van der Waals surface area contributed by atoms with E-state index in [1.54, 1.807) is 5.56 Å². The Morgan fingerprint density at radius 1 is 1.40 bits per heavy atom. The molecule has 20 heavy (non-hydrogen) atoms. The molecule has 0 spiro atoms. The number of likely N-dealkylation sites (tertiary alicyclic amines) is 1. The number of methoxy groups -OCH3 is 1. The summed E-state index contributed by atoms with van der Waals surface area (Å²) >= 11 is 0. The fraction of sp³-hybridized carbons (Fsp3) is 0.647. The van der Waals surface area contributed by atoms with Gasteiger partial charge in [-0.2, -0.15) is 0 Å². The normalized spacial score (nSPS) is 27.3. The highest BCUT2D eigenvalue weighted by Crippen LogP contribution is 2.24. The van der Waals surface area contributed by atoms with Crippen molar-refractivity contribution in [2.24, 2.45) is 5.92 Å². The van der Waals surface area contributed by atoms with Crippen LogP contribution < -0.4 is 5.32 Å². The van der Waals surface area contributed by atoms with Gasteiger partial charge < -0.3 is 10.1 Å². The summed E-state index contributed by atoms with van der Waals surface area (Å²) in [6.45, 7) is 7.79. The van der Waals surface area contributed by atoms with Crippen LogP contribution in [-0.4, -0.2) is 37.7 Å². The fourth-order valence-electron chi connectivity index (χ4n) is 3.55. The first-order valence-electron chi connectivity index (χ1n) is 7.83. The molecule has 2 aliphatic rings. The van der Waals surface area contributed by atoms with E-state index in [9.17, 15) is 0 Å². The Bertz CT molecular complexity index is 460. The van der Waals surface area contributed by atoms with Gasteiger partial charge in [0.1, 0.15) is 0 Å². The van der Waals surface area contributed by atoms with Gasteiger partial charge in [0, 0.05) is 26.7 Å². The van der Waals surface area contributed by atoms with Crippen molar-refractivity contribution >= 4 is 0 Å². The van der Waals surface area contributed by atoms with Crippen LogP contribution in [0.15, 0.2) is 18.2 Å². The summed E-state index contributed by atoms with van der Waals surface area (Å²) in [7, 11) is 1.85. The minimum atomic E-state index is 0.393. The second-order valence-corrected chi connectivity index (χ2v) is 6.26. The third-order valence-electron chi connectivity index (χ3n) is 4.91. The lowest BCUT2D eigenvalue weighted by atomic mass is 9.93. The van der Waals surface area contributed by atoms with Crippen LogP contribution in [0.2, 0.25) is 0 Å². The first-order chi connectivity index (χ1) is 9.78. The van der Waals surface area contributed by atoms with Gasteiger partial charge >= 0.3 is 0 Å². The molecule has 1 N–H and O–H groups in total. The molecular weight excluding hydrogens is 248 g/mol. The molecule has 1 fully saturated rings. The van der Waals surface area contributed by atoms with Gasteiger partial charge in [0.25, 0.3) is 0 Å². The van der Waals surface area contributed by atoms with E-state index >= 15 is 0 Å². The molecule has 3 rings (SSSR count). The first kappa shape index (κ1) is 14.1. The van der Waals surface area contributed by atoms with Crippen LogP contribution in [0.1, 0.15) is 30.0 Å². The molecule has 0 amide bonds. The minimum Gasteiger partial charge on any atom is -0.380 e. The standard InChI is InChI=1S/C17H26N2O/c1-13-7-9-19(12-17(13)20-2)11-15-5-3-4-14-10-18-8-6-16(14)15/h3-5,13,17-18H,6-12H2,1-2H3. The van der Waals surface area contributed by atoms with Gasteiger partial charge in [-0.05, 0) is 48.5 Å². The number of fused-ring (bicyclic) bond motifs is 1. The zero-order valence-electron chi connectivity index (χ0n) is 12.7. The summed E-state index contributed by atoms with van der Waals surface area (Å²) in [5.74, 6) is 0.685. The van der Waals surface area contributed by atoms with Gasteiger partial charge in [-0.25, -0.2) is 0 Å². The van der Waals surface area contributed by atoms with Crippen LogP contribution in [0.5, 0.6) is 0 Å². The number of hydrogen-bond acceptors (Lipinski definition) is 3. The molecule has 0 bridgehead atoms. The summed E-state index contributed by atoms with van der Waals surface area (Å²) in [6, 6.07) is 6.78. The summed E-state index contributed by atoms with van der Waals surface area (Å²) in [5, 5.41) is 3.46. The second kappa shape index (κ2) is 6.25. The lowest BCUT2D eigenvalue weighted by molar-refractivity contribution is -0.00753. The zero-order valence-corrected chi connectivity index (χ0v) is 12.7. The van der Waals surface area contributed by atoms with E-state index < -0.39 is 0 Å². The summed E-state index contributed by atoms with van der Waals surface area (Å²) in [4.78, 5) is 2.56. The predicted molar refractivity (Wildman–Crippen MR) is 81.7 cm³/mol. The fourth-order valence-corrected chi connectivity index (χ4v) is 3.55. The van der Waals surface area contributed by atoms with E-state index in [0.717, 1.165) is 26.2 Å². The maximum atomic E-state index is 5.63. The van der Waals surface area contributed by atoms with Crippen LogP contribution in [-0.2, 0) is 24.2 Å². The summed E-state index contributed by atoms with van der Waals surface area (Å²) < 4.78 is 5.63. The predicted octanol–water partition coefficient (Wildman–Crippen LogP) is 2.19. The van der Waals surface area contributed by atoms with Crippen LogP contribution in [0.25, 0.3) is 0 Å². The number of benzene rings is 1. The molecule has 1 aromatic carbocycles. The molecule has 2 aliphatic heterocycles. The van der Waals surface area contributed by atoms with E-state index in [0.29, 0.717) is 12.0 Å². The Balaban J connectivity index is 1.72. The highest BCUT2D eigenvalue weighted by Gasteiger charge is 2.26. The molecule has 0 aromatic heterocycles. The molecule has 1 aromatic rings. The molecule has 0 aliphatic carbocycles. The molecule has 110 valence electrons. The highest BCUT2D eigenvalue weighted by molar-refractivity contribution is 5.37. The van der Waals surface area contributed by atoms with E-state index in [-0.39, 0.29) is 0 Å². The van der Waals surface area contributed by atoms with Gasteiger partial charge in [-0.15, -0.1) is 0 Å². The monoisotopic (exact) mass is 274 g/mol. The third kappa shape index (κ3) is 2.90. The van der Waals surface area contributed by atoms with Crippen molar-refractivity contribution in [3.63, 3.8) is 0 Å². The Labute approximate surface area is 122 Å². The van der Waals surface area contributed by atoms with E-state index in [1.807, 2.05) is 7.11 Å². The SMILES string of the molecule is COC1CN(Cc2cccc3c2CCNC3)CCC1C. The number of nitrogens with one attached hydrogen (secondary N) is 1. The molecule has 1 saturated heterocycles. The van der Waals surface area contributed by atoms with Gasteiger partial charge in [-0.3, -0.25) is 4.90 Å². The van der Waals surface area contributed by atoms with Crippen molar-refractivity contribution in [1.29, 1.82) is 0 Å². The van der Waals surface area contributed by atoms with Crippen molar-refractivity contribution in [3.8, 4) is 0 Å². The largest absolute Gasteiger partial charge is 0.380 e. The third-order valence-corrected chi connectivity index (χ3v) is 4.91. The van der Waals surface area contributed by atoms with Crippen LogP contribution in [0.3, 0.4) is 0 Å². The first-order valence-corrected chi connectivity index (χ1v) is 7.83. The molecule has 0 saturated carbocycles. The smallest absolute Gasteiger partial charge is 0.0724 e. The van der Waals surface area contributed by atoms with Gasteiger partial charge in [0.05, 0.1) is 6.10 Å². The summed E-state index contributed by atoms with van der Waals surface area (Å²) in [6.07, 6.45) is 2.81. The Morgan fingerprint density at radius 2 is 2.30 bits per heavy atom. The highest BCUT2D eigenvalue weighted by atomic mass is 16.5. The van der Waals surface area contributed by atoms with Crippen LogP contribution >= 0.6 is 0 Å². The van der Waals surface area contributed by atoms with Gasteiger partial charge in [0.15, 0.2) is 0 Å². The topological polar surface area (TPSA) is 24.5 Å². The molecule has 0 radical (unpaired) electrons. The average molecular weight is 274 g/mol. The summed E-state index contributed by atoms with van der Waals surface area (Å²) in [5.41, 5.74) is 4.59. The second-order valence-electron chi connectivity index (χ2n) is 6.26. The molecule has 3 nitrogen and oxygen atoms in total. The van der Waals surface area contributed by atoms with E-state index in [4.69, 9.17) is 4.74 Å².